The number of nitrogens with zero attached hydrogens (tertiary/aromatic N) is 1. The highest BCUT2D eigenvalue weighted by Gasteiger charge is 2.15. The fraction of sp³-hybridized carbons (Fsp3) is 0.0769. The summed E-state index contributed by atoms with van der Waals surface area (Å²) in [5.74, 6) is 0. The number of aromatic nitrogens is 1. The monoisotopic (exact) mass is 347 g/mol. The lowest BCUT2D eigenvalue weighted by molar-refractivity contribution is 1.15. The molecule has 0 amide bonds. The number of para-hydroxylation sites is 2. The van der Waals surface area contributed by atoms with E-state index in [-0.39, 0.29) is 0 Å². The van der Waals surface area contributed by atoms with Gasteiger partial charge >= 0.3 is 0 Å². The quantitative estimate of drug-likeness (QED) is 0.322. The highest BCUT2D eigenvalue weighted by atomic mass is 15.0. The van der Waals surface area contributed by atoms with Crippen LogP contribution in [0.5, 0.6) is 0 Å². The van der Waals surface area contributed by atoms with Gasteiger partial charge in [0.15, 0.2) is 0 Å². The van der Waals surface area contributed by atoms with Crippen molar-refractivity contribution in [2.75, 3.05) is 0 Å². The maximum Gasteiger partial charge on any atom is 0.0541 e. The van der Waals surface area contributed by atoms with E-state index in [1.807, 2.05) is 0 Å². The van der Waals surface area contributed by atoms with Gasteiger partial charge in [0.25, 0.3) is 0 Å². The van der Waals surface area contributed by atoms with Crippen LogP contribution in [0.15, 0.2) is 91.0 Å². The molecule has 0 bridgehead atoms. The average molecular weight is 347 g/mol. The van der Waals surface area contributed by atoms with E-state index in [1.54, 1.807) is 0 Å². The third kappa shape index (κ3) is 2.39. The molecule has 0 unspecified atom stereocenters. The Bertz CT molecular complexity index is 1240. The van der Waals surface area contributed by atoms with Crippen LogP contribution in [0, 0.1) is 13.8 Å². The van der Waals surface area contributed by atoms with Gasteiger partial charge in [-0.1, -0.05) is 72.8 Å². The summed E-state index contributed by atoms with van der Waals surface area (Å²) in [6.07, 6.45) is 0. The van der Waals surface area contributed by atoms with E-state index in [4.69, 9.17) is 0 Å². The van der Waals surface area contributed by atoms with Gasteiger partial charge in [0.2, 0.25) is 0 Å². The molecule has 1 heterocycles. The minimum Gasteiger partial charge on any atom is -0.309 e. The molecule has 0 aliphatic rings. The molecule has 0 saturated carbocycles. The van der Waals surface area contributed by atoms with Crippen molar-refractivity contribution in [3.8, 4) is 16.8 Å². The third-order valence-electron chi connectivity index (χ3n) is 5.56. The van der Waals surface area contributed by atoms with Crippen molar-refractivity contribution in [3.63, 3.8) is 0 Å². The summed E-state index contributed by atoms with van der Waals surface area (Å²) >= 11 is 0. The van der Waals surface area contributed by atoms with Gasteiger partial charge in [-0.2, -0.15) is 0 Å². The number of hydrogen-bond donors (Lipinski definition) is 0. The van der Waals surface area contributed by atoms with Gasteiger partial charge < -0.3 is 4.57 Å². The molecule has 4 aromatic carbocycles. The molecule has 0 aliphatic carbocycles. The number of fused-ring (bicyclic) bond motifs is 3. The second kappa shape index (κ2) is 6.14. The predicted molar refractivity (Wildman–Crippen MR) is 116 cm³/mol. The lowest BCUT2D eigenvalue weighted by Gasteiger charge is -2.16. The standard InChI is InChI=1S/C26H21N/c1-18-10-3-4-11-20(18)21-14-9-17-24(19(21)2)27-25-15-7-5-12-22(25)23-13-6-8-16-26(23)27/h3-17H,1-2H3. The lowest BCUT2D eigenvalue weighted by Crippen LogP contribution is -1.99. The second-order valence-electron chi connectivity index (χ2n) is 7.13. The number of aryl methyl sites for hydroxylation is 1. The van der Waals surface area contributed by atoms with Crippen molar-refractivity contribution in [2.24, 2.45) is 0 Å². The van der Waals surface area contributed by atoms with Crippen molar-refractivity contribution in [2.45, 2.75) is 13.8 Å². The summed E-state index contributed by atoms with van der Waals surface area (Å²) in [6, 6.07) is 32.6. The average Bonchev–Trinajstić information content (AvgIpc) is 3.04. The summed E-state index contributed by atoms with van der Waals surface area (Å²) in [6.45, 7) is 4.42. The number of benzene rings is 4. The third-order valence-corrected chi connectivity index (χ3v) is 5.56. The molecule has 0 aliphatic heterocycles. The lowest BCUT2D eigenvalue weighted by atomic mass is 9.95. The summed E-state index contributed by atoms with van der Waals surface area (Å²) in [4.78, 5) is 0. The van der Waals surface area contributed by atoms with Crippen molar-refractivity contribution >= 4 is 21.8 Å². The van der Waals surface area contributed by atoms with E-state index < -0.39 is 0 Å². The number of hydrogen-bond acceptors (Lipinski definition) is 0. The molecule has 5 rings (SSSR count). The summed E-state index contributed by atoms with van der Waals surface area (Å²) < 4.78 is 2.40. The maximum atomic E-state index is 2.40. The van der Waals surface area contributed by atoms with Crippen molar-refractivity contribution in [1.82, 2.24) is 4.57 Å². The Labute approximate surface area is 159 Å². The normalized spacial score (nSPS) is 11.3. The van der Waals surface area contributed by atoms with Gasteiger partial charge in [-0.05, 0) is 54.3 Å². The highest BCUT2D eigenvalue weighted by Crippen LogP contribution is 2.36. The van der Waals surface area contributed by atoms with Gasteiger partial charge in [-0.25, -0.2) is 0 Å². The first-order valence-electron chi connectivity index (χ1n) is 9.40. The van der Waals surface area contributed by atoms with Crippen molar-refractivity contribution in [3.05, 3.63) is 102 Å². The summed E-state index contributed by atoms with van der Waals surface area (Å²) in [5, 5.41) is 2.60. The molecule has 0 fully saturated rings. The molecule has 0 N–H and O–H groups in total. The fourth-order valence-electron chi connectivity index (χ4n) is 4.21. The topological polar surface area (TPSA) is 4.93 Å². The first-order chi connectivity index (χ1) is 13.3. The molecule has 1 aromatic heterocycles. The van der Waals surface area contributed by atoms with E-state index >= 15 is 0 Å². The summed E-state index contributed by atoms with van der Waals surface area (Å²) in [5.41, 5.74) is 8.96. The minimum atomic E-state index is 1.24. The molecule has 27 heavy (non-hydrogen) atoms. The van der Waals surface area contributed by atoms with E-state index in [0.717, 1.165) is 0 Å². The van der Waals surface area contributed by atoms with Gasteiger partial charge in [0.1, 0.15) is 0 Å². The first kappa shape index (κ1) is 15.9. The van der Waals surface area contributed by atoms with Gasteiger partial charge in [-0.15, -0.1) is 0 Å². The van der Waals surface area contributed by atoms with Crippen LogP contribution in [0.3, 0.4) is 0 Å². The zero-order chi connectivity index (χ0) is 18.4. The van der Waals surface area contributed by atoms with Gasteiger partial charge in [-0.3, -0.25) is 0 Å². The zero-order valence-electron chi connectivity index (χ0n) is 15.6. The minimum absolute atomic E-state index is 1.24. The largest absolute Gasteiger partial charge is 0.309 e. The smallest absolute Gasteiger partial charge is 0.0541 e. The van der Waals surface area contributed by atoms with Crippen LogP contribution in [0.25, 0.3) is 38.6 Å². The van der Waals surface area contributed by atoms with Crippen LogP contribution >= 0.6 is 0 Å². The Hall–Kier alpha value is -3.32. The Kier molecular flexibility index (Phi) is 3.61. The predicted octanol–water partition coefficient (Wildman–Crippen LogP) is 7.07. The Morgan fingerprint density at radius 3 is 1.74 bits per heavy atom. The molecule has 0 saturated heterocycles. The fourth-order valence-corrected chi connectivity index (χ4v) is 4.21. The van der Waals surface area contributed by atoms with Crippen molar-refractivity contribution in [1.29, 1.82) is 0 Å². The Morgan fingerprint density at radius 2 is 1.07 bits per heavy atom. The van der Waals surface area contributed by atoms with Crippen molar-refractivity contribution < 1.29 is 0 Å². The van der Waals surface area contributed by atoms with Crippen LogP contribution in [-0.2, 0) is 0 Å². The molecule has 0 spiro atoms. The summed E-state index contributed by atoms with van der Waals surface area (Å²) in [7, 11) is 0. The van der Waals surface area contributed by atoms with Gasteiger partial charge in [0.05, 0.1) is 11.0 Å². The van der Waals surface area contributed by atoms with Crippen LogP contribution in [0.2, 0.25) is 0 Å². The Morgan fingerprint density at radius 1 is 0.519 bits per heavy atom. The second-order valence-corrected chi connectivity index (χ2v) is 7.13. The zero-order valence-corrected chi connectivity index (χ0v) is 15.6. The molecule has 1 nitrogen and oxygen atoms in total. The van der Waals surface area contributed by atoms with E-state index in [2.05, 4.69) is 109 Å². The van der Waals surface area contributed by atoms with Crippen LogP contribution < -0.4 is 0 Å². The van der Waals surface area contributed by atoms with Gasteiger partial charge in [0, 0.05) is 16.5 Å². The van der Waals surface area contributed by atoms with E-state index in [9.17, 15) is 0 Å². The number of rotatable bonds is 2. The highest BCUT2D eigenvalue weighted by molar-refractivity contribution is 6.09. The maximum absolute atomic E-state index is 2.40. The van der Waals surface area contributed by atoms with Crippen LogP contribution in [0.1, 0.15) is 11.1 Å². The molecule has 5 aromatic rings. The SMILES string of the molecule is Cc1ccccc1-c1cccc(-n2c3ccccc3c3ccccc32)c1C. The molecule has 0 radical (unpaired) electrons. The molecular formula is C26H21N. The molecule has 0 atom stereocenters. The molecule has 1 heteroatoms. The van der Waals surface area contributed by atoms with E-state index in [0.29, 0.717) is 0 Å². The van der Waals surface area contributed by atoms with E-state index in [1.165, 1.54) is 49.7 Å². The Balaban J connectivity index is 1.87. The molecule has 130 valence electrons. The van der Waals surface area contributed by atoms with Crippen LogP contribution in [-0.4, -0.2) is 4.57 Å². The van der Waals surface area contributed by atoms with Crippen LogP contribution in [0.4, 0.5) is 0 Å². The molecular weight excluding hydrogens is 326 g/mol. The first-order valence-corrected chi connectivity index (χ1v) is 9.40.